The van der Waals surface area contributed by atoms with Crippen LogP contribution in [0.25, 0.3) is 0 Å². The third-order valence-corrected chi connectivity index (χ3v) is 9.93. The first kappa shape index (κ1) is 35.9. The van der Waals surface area contributed by atoms with E-state index in [4.69, 9.17) is 0 Å². The summed E-state index contributed by atoms with van der Waals surface area (Å²) < 4.78 is 26.7. The van der Waals surface area contributed by atoms with Crippen molar-refractivity contribution in [3.05, 3.63) is 0 Å². The molecule has 5 fully saturated rings. The molecule has 5 rings (SSSR count). The molecule has 12 heteroatoms. The largest absolute Gasteiger partial charge is 0.392 e. The number of β-amino-alcohol motifs (C(OH)–C–C–N with tert-alkyl or cyclic N) is 2. The van der Waals surface area contributed by atoms with Gasteiger partial charge in [0.05, 0.1) is 18.2 Å². The van der Waals surface area contributed by atoms with E-state index in [-0.39, 0.29) is 80.9 Å². The summed E-state index contributed by atoms with van der Waals surface area (Å²) in [5.41, 5.74) is 0. The van der Waals surface area contributed by atoms with Crippen LogP contribution in [0.1, 0.15) is 103 Å². The fourth-order valence-electron chi connectivity index (χ4n) is 7.26. The van der Waals surface area contributed by atoms with Crippen molar-refractivity contribution in [3.63, 3.8) is 0 Å². The Labute approximate surface area is 261 Å². The second-order valence-electron chi connectivity index (χ2n) is 13.4. The quantitative estimate of drug-likeness (QED) is 0.292. The van der Waals surface area contributed by atoms with Crippen LogP contribution in [0.15, 0.2) is 0 Å². The number of nitrogens with zero attached hydrogens (tertiary/aromatic N) is 1. The molecule has 0 radical (unpaired) electrons. The highest BCUT2D eigenvalue weighted by Gasteiger charge is 2.44. The molecule has 4 atom stereocenters. The third kappa shape index (κ3) is 11.1. The van der Waals surface area contributed by atoms with Crippen LogP contribution in [-0.4, -0.2) is 89.2 Å². The normalized spacial score (nSPS) is 30.1. The zero-order chi connectivity index (χ0) is 30.1. The highest BCUT2D eigenvalue weighted by atomic mass is 35.5. The molecule has 0 unspecified atom stereocenters. The number of nitrogens with one attached hydrogen (secondary N) is 3. The number of aliphatic hydroxyl groups excluding tert-OH is 2. The molecule has 9 nitrogen and oxygen atoms in total. The lowest BCUT2D eigenvalue weighted by molar-refractivity contribution is -0.145. The summed E-state index contributed by atoms with van der Waals surface area (Å²) in [7, 11) is 0. The number of likely N-dealkylation sites (tertiary alicyclic amines) is 1. The van der Waals surface area contributed by atoms with Gasteiger partial charge in [-0.15, -0.1) is 12.4 Å². The number of alkyl halides is 2. The Morgan fingerprint density at radius 2 is 1.30 bits per heavy atom. The van der Waals surface area contributed by atoms with E-state index in [0.717, 1.165) is 19.4 Å². The van der Waals surface area contributed by atoms with Gasteiger partial charge in [0.25, 0.3) is 0 Å². The third-order valence-electron chi connectivity index (χ3n) is 9.93. The van der Waals surface area contributed by atoms with E-state index in [0.29, 0.717) is 31.3 Å². The maximum Gasteiger partial charge on any atom is 0.248 e. The van der Waals surface area contributed by atoms with Crippen LogP contribution < -0.4 is 16.0 Å². The lowest BCUT2D eigenvalue weighted by Crippen LogP contribution is -2.49. The average molecular weight is 635 g/mol. The first-order valence-electron chi connectivity index (χ1n) is 16.4. The molecule has 2 heterocycles. The van der Waals surface area contributed by atoms with Crippen molar-refractivity contribution in [1.82, 2.24) is 20.9 Å². The van der Waals surface area contributed by atoms with Crippen molar-refractivity contribution in [3.8, 4) is 0 Å². The van der Waals surface area contributed by atoms with E-state index in [1.807, 2.05) is 0 Å². The van der Waals surface area contributed by atoms with Gasteiger partial charge in [-0.1, -0.05) is 38.5 Å². The van der Waals surface area contributed by atoms with E-state index in [2.05, 4.69) is 16.0 Å². The Balaban J connectivity index is 0.000000256. The smallest absolute Gasteiger partial charge is 0.248 e. The molecule has 2 saturated heterocycles. The molecule has 0 spiro atoms. The van der Waals surface area contributed by atoms with Crippen molar-refractivity contribution in [2.75, 3.05) is 26.2 Å². The lowest BCUT2D eigenvalue weighted by Gasteiger charge is -2.32. The molecule has 3 aliphatic carbocycles. The molecule has 0 aromatic carbocycles. The van der Waals surface area contributed by atoms with Gasteiger partial charge in [-0.2, -0.15) is 0 Å². The molecule has 43 heavy (non-hydrogen) atoms. The van der Waals surface area contributed by atoms with E-state index >= 15 is 0 Å². The summed E-state index contributed by atoms with van der Waals surface area (Å²) >= 11 is 0. The number of hydrogen-bond acceptors (Lipinski definition) is 6. The van der Waals surface area contributed by atoms with Crippen LogP contribution in [0, 0.1) is 17.8 Å². The van der Waals surface area contributed by atoms with Gasteiger partial charge in [0.15, 0.2) is 0 Å². The van der Waals surface area contributed by atoms with Crippen molar-refractivity contribution in [2.45, 2.75) is 133 Å². The zero-order valence-electron chi connectivity index (χ0n) is 25.4. The van der Waals surface area contributed by atoms with Gasteiger partial charge < -0.3 is 31.1 Å². The molecular weight excluding hydrogens is 582 g/mol. The summed E-state index contributed by atoms with van der Waals surface area (Å²) in [6, 6.07) is -0.859. The Bertz CT molecular complexity index is 893. The SMILES string of the molecule is Cl.O=C(NCC1CCCCC1)[C@@H]1C[C@@H](O)CN1.O=C(NCC1CCCCC1)[C@@H]1C[C@@H](O)CN1C(=O)C1CCC(F)(F)CC1. The van der Waals surface area contributed by atoms with Gasteiger partial charge >= 0.3 is 0 Å². The Morgan fingerprint density at radius 3 is 1.81 bits per heavy atom. The molecule has 5 aliphatic rings. The molecule has 3 saturated carbocycles. The first-order valence-corrected chi connectivity index (χ1v) is 16.4. The lowest BCUT2D eigenvalue weighted by atomic mass is 9.85. The van der Waals surface area contributed by atoms with Crippen molar-refractivity contribution < 1.29 is 33.4 Å². The summed E-state index contributed by atoms with van der Waals surface area (Å²) in [4.78, 5) is 38.5. The molecule has 0 bridgehead atoms. The first-order chi connectivity index (χ1) is 20.1. The van der Waals surface area contributed by atoms with Crippen LogP contribution in [0.4, 0.5) is 8.78 Å². The minimum absolute atomic E-state index is 0. The fraction of sp³-hybridized carbons (Fsp3) is 0.903. The number of carbonyl (C=O) groups is 3. The predicted octanol–water partition coefficient (Wildman–Crippen LogP) is 3.30. The van der Waals surface area contributed by atoms with Crippen molar-refractivity contribution in [1.29, 1.82) is 0 Å². The van der Waals surface area contributed by atoms with Crippen LogP contribution in [0.2, 0.25) is 0 Å². The molecule has 5 N–H and O–H groups in total. The van der Waals surface area contributed by atoms with Gasteiger partial charge in [0.2, 0.25) is 23.6 Å². The zero-order valence-corrected chi connectivity index (χ0v) is 26.2. The minimum atomic E-state index is -2.68. The minimum Gasteiger partial charge on any atom is -0.392 e. The highest BCUT2D eigenvalue weighted by Crippen LogP contribution is 2.38. The Kier molecular flexibility index (Phi) is 14.4. The molecule has 3 amide bonds. The summed E-state index contributed by atoms with van der Waals surface area (Å²) in [5, 5.41) is 28.3. The Hall–Kier alpha value is -1.56. The average Bonchev–Trinajstić information content (AvgIpc) is 3.61. The van der Waals surface area contributed by atoms with Crippen molar-refractivity contribution >= 4 is 30.1 Å². The van der Waals surface area contributed by atoms with Gasteiger partial charge in [-0.25, -0.2) is 8.78 Å². The second kappa shape index (κ2) is 17.2. The van der Waals surface area contributed by atoms with Crippen LogP contribution in [0.3, 0.4) is 0 Å². The van der Waals surface area contributed by atoms with Crippen LogP contribution in [-0.2, 0) is 14.4 Å². The molecule has 248 valence electrons. The number of rotatable bonds is 7. The maximum atomic E-state index is 13.3. The molecule has 2 aliphatic heterocycles. The number of carbonyl (C=O) groups excluding carboxylic acids is 3. The van der Waals surface area contributed by atoms with Crippen LogP contribution >= 0.6 is 12.4 Å². The monoisotopic (exact) mass is 634 g/mol. The summed E-state index contributed by atoms with van der Waals surface area (Å²) in [5.74, 6) is -2.40. The van der Waals surface area contributed by atoms with Gasteiger partial charge in [-0.05, 0) is 56.8 Å². The summed E-state index contributed by atoms with van der Waals surface area (Å²) in [6.45, 7) is 2.09. The molecule has 0 aromatic rings. The van der Waals surface area contributed by atoms with E-state index in [9.17, 15) is 33.4 Å². The second-order valence-corrected chi connectivity index (χ2v) is 13.4. The summed E-state index contributed by atoms with van der Waals surface area (Å²) in [6.07, 6.45) is 11.8. The predicted molar refractivity (Wildman–Crippen MR) is 162 cm³/mol. The van der Waals surface area contributed by atoms with Gasteiger partial charge in [0, 0.05) is 51.4 Å². The highest BCUT2D eigenvalue weighted by molar-refractivity contribution is 5.89. The Morgan fingerprint density at radius 1 is 0.767 bits per heavy atom. The standard InChI is InChI=1S/C19H30F2N2O3.C12H22N2O2.ClH/c20-19(21)8-6-14(7-9-19)18(26)23-12-15(24)10-16(23)17(25)22-11-13-4-2-1-3-5-13;15-10-6-11(13-8-10)12(16)14-7-9-4-2-1-3-5-9;/h13-16,24H,1-12H2,(H,22,25);9-11,13,15H,1-8H2,(H,14,16);1H/t15-,16+;10-,11+;/m11./s1. The van der Waals surface area contributed by atoms with Crippen molar-refractivity contribution in [2.24, 2.45) is 17.8 Å². The van der Waals surface area contributed by atoms with E-state index in [1.165, 1.54) is 56.3 Å². The number of aliphatic hydroxyl groups is 2. The topological polar surface area (TPSA) is 131 Å². The van der Waals surface area contributed by atoms with Gasteiger partial charge in [0.1, 0.15) is 6.04 Å². The van der Waals surface area contributed by atoms with E-state index < -0.39 is 24.0 Å². The number of hydrogen-bond donors (Lipinski definition) is 5. The fourth-order valence-corrected chi connectivity index (χ4v) is 7.26. The van der Waals surface area contributed by atoms with Crippen LogP contribution in [0.5, 0.6) is 0 Å². The molecular formula is C31H53ClF2N4O5. The maximum absolute atomic E-state index is 13.3. The number of halogens is 3. The van der Waals surface area contributed by atoms with Gasteiger partial charge in [-0.3, -0.25) is 14.4 Å². The number of amides is 3. The van der Waals surface area contributed by atoms with E-state index in [1.54, 1.807) is 0 Å². The molecule has 0 aromatic heterocycles.